The second-order valence-electron chi connectivity index (χ2n) is 4.38. The fourth-order valence-corrected chi connectivity index (χ4v) is 1.71. The molecule has 1 aliphatic carbocycles. The van der Waals surface area contributed by atoms with Gasteiger partial charge in [0.15, 0.2) is 0 Å². The van der Waals surface area contributed by atoms with Crippen LogP contribution in [0.4, 0.5) is 0 Å². The van der Waals surface area contributed by atoms with E-state index < -0.39 is 0 Å². The van der Waals surface area contributed by atoms with Crippen LogP contribution in [-0.4, -0.2) is 36.6 Å². The Kier molecular flexibility index (Phi) is 4.20. The molecule has 2 atom stereocenters. The van der Waals surface area contributed by atoms with E-state index in [1.54, 1.807) is 0 Å². The van der Waals surface area contributed by atoms with Gasteiger partial charge in [-0.3, -0.25) is 4.90 Å². The molecule has 0 bridgehead atoms. The monoisotopic (exact) mass is 184 g/mol. The summed E-state index contributed by atoms with van der Waals surface area (Å²) in [5.74, 6) is 0. The summed E-state index contributed by atoms with van der Waals surface area (Å²) in [6.07, 6.45) is 4.03. The molecular weight excluding hydrogens is 160 g/mol. The molecule has 0 heterocycles. The zero-order valence-corrected chi connectivity index (χ0v) is 9.51. The molecule has 1 fully saturated rings. The summed E-state index contributed by atoms with van der Waals surface area (Å²) in [6.45, 7) is 7.98. The van der Waals surface area contributed by atoms with E-state index >= 15 is 0 Å². The summed E-state index contributed by atoms with van der Waals surface area (Å²) in [6, 6.07) is 2.16. The number of hydrogen-bond acceptors (Lipinski definition) is 2. The highest BCUT2D eigenvalue weighted by Crippen LogP contribution is 2.27. The number of nitrogens with zero attached hydrogens (tertiary/aromatic N) is 1. The molecule has 0 aromatic carbocycles. The predicted molar refractivity (Wildman–Crippen MR) is 58.0 cm³/mol. The van der Waals surface area contributed by atoms with Gasteiger partial charge in [-0.2, -0.15) is 0 Å². The second-order valence-corrected chi connectivity index (χ2v) is 4.38. The number of likely N-dealkylation sites (N-methyl/N-ethyl adjacent to an activating group) is 1. The predicted octanol–water partition coefficient (Wildman–Crippen LogP) is 1.86. The number of rotatable bonds is 6. The van der Waals surface area contributed by atoms with Crippen molar-refractivity contribution in [2.45, 2.75) is 58.2 Å². The van der Waals surface area contributed by atoms with Crippen molar-refractivity contribution in [1.29, 1.82) is 0 Å². The van der Waals surface area contributed by atoms with Gasteiger partial charge >= 0.3 is 0 Å². The van der Waals surface area contributed by atoms with Crippen molar-refractivity contribution in [2.75, 3.05) is 13.6 Å². The molecule has 0 spiro atoms. The van der Waals surface area contributed by atoms with Gasteiger partial charge in [-0.25, -0.2) is 0 Å². The van der Waals surface area contributed by atoms with E-state index in [2.05, 4.69) is 38.0 Å². The van der Waals surface area contributed by atoms with E-state index in [0.29, 0.717) is 12.1 Å². The van der Waals surface area contributed by atoms with Gasteiger partial charge in [-0.05, 0) is 46.7 Å². The van der Waals surface area contributed by atoms with Crippen molar-refractivity contribution in [3.05, 3.63) is 0 Å². The van der Waals surface area contributed by atoms with Crippen LogP contribution < -0.4 is 5.32 Å². The molecule has 0 amide bonds. The second kappa shape index (κ2) is 4.97. The molecule has 78 valence electrons. The van der Waals surface area contributed by atoms with Gasteiger partial charge in [0.1, 0.15) is 0 Å². The van der Waals surface area contributed by atoms with Crippen molar-refractivity contribution >= 4 is 0 Å². The van der Waals surface area contributed by atoms with Gasteiger partial charge in [-0.1, -0.05) is 6.92 Å². The number of nitrogens with one attached hydrogen (secondary N) is 1. The minimum Gasteiger partial charge on any atom is -0.313 e. The maximum absolute atomic E-state index is 3.55. The lowest BCUT2D eigenvalue weighted by molar-refractivity contribution is 0.205. The van der Waals surface area contributed by atoms with E-state index in [0.717, 1.165) is 12.6 Å². The van der Waals surface area contributed by atoms with Crippen LogP contribution in [0, 0.1) is 0 Å². The quantitative estimate of drug-likeness (QED) is 0.678. The van der Waals surface area contributed by atoms with E-state index in [4.69, 9.17) is 0 Å². The van der Waals surface area contributed by atoms with Gasteiger partial charge in [-0.15, -0.1) is 0 Å². The average molecular weight is 184 g/mol. The van der Waals surface area contributed by atoms with Crippen molar-refractivity contribution in [2.24, 2.45) is 0 Å². The van der Waals surface area contributed by atoms with Crippen LogP contribution in [0.25, 0.3) is 0 Å². The standard InChI is InChI=1S/C11H24N2/c1-5-8-12-9(2)10(3)13(4)11-6-7-11/h9-12H,5-8H2,1-4H3. The summed E-state index contributed by atoms with van der Waals surface area (Å²) in [4.78, 5) is 2.52. The Hall–Kier alpha value is -0.0800. The van der Waals surface area contributed by atoms with Gasteiger partial charge in [0, 0.05) is 18.1 Å². The molecule has 2 heteroatoms. The van der Waals surface area contributed by atoms with Crippen molar-refractivity contribution < 1.29 is 0 Å². The molecule has 2 nitrogen and oxygen atoms in total. The molecule has 13 heavy (non-hydrogen) atoms. The first-order valence-electron chi connectivity index (χ1n) is 5.62. The highest BCUT2D eigenvalue weighted by atomic mass is 15.2. The highest BCUT2D eigenvalue weighted by molar-refractivity contribution is 4.88. The highest BCUT2D eigenvalue weighted by Gasteiger charge is 2.30. The van der Waals surface area contributed by atoms with Crippen LogP contribution in [0.1, 0.15) is 40.0 Å². The molecule has 0 aromatic rings. The van der Waals surface area contributed by atoms with Crippen LogP contribution in [0.5, 0.6) is 0 Å². The molecule has 0 aromatic heterocycles. The Morgan fingerprint density at radius 2 is 2.00 bits per heavy atom. The van der Waals surface area contributed by atoms with Gasteiger partial charge < -0.3 is 5.32 Å². The van der Waals surface area contributed by atoms with Crippen LogP contribution >= 0.6 is 0 Å². The van der Waals surface area contributed by atoms with Crippen molar-refractivity contribution in [1.82, 2.24) is 10.2 Å². The Bertz CT molecular complexity index is 143. The van der Waals surface area contributed by atoms with E-state index in [9.17, 15) is 0 Å². The fraction of sp³-hybridized carbons (Fsp3) is 1.00. The lowest BCUT2D eigenvalue weighted by Gasteiger charge is -2.30. The van der Waals surface area contributed by atoms with Gasteiger partial charge in [0.25, 0.3) is 0 Å². The van der Waals surface area contributed by atoms with Crippen LogP contribution in [0.2, 0.25) is 0 Å². The molecule has 0 radical (unpaired) electrons. The smallest absolute Gasteiger partial charge is 0.0218 e. The average Bonchev–Trinajstić information content (AvgIpc) is 2.94. The fourth-order valence-electron chi connectivity index (χ4n) is 1.71. The van der Waals surface area contributed by atoms with Crippen LogP contribution in [0.15, 0.2) is 0 Å². The Morgan fingerprint density at radius 1 is 1.38 bits per heavy atom. The molecule has 1 rings (SSSR count). The first-order chi connectivity index (χ1) is 6.16. The molecule has 2 unspecified atom stereocenters. The lowest BCUT2D eigenvalue weighted by Crippen LogP contribution is -2.46. The lowest BCUT2D eigenvalue weighted by atomic mass is 10.1. The summed E-state index contributed by atoms with van der Waals surface area (Å²) >= 11 is 0. The van der Waals surface area contributed by atoms with Gasteiger partial charge in [0.05, 0.1) is 0 Å². The third-order valence-corrected chi connectivity index (χ3v) is 3.21. The van der Waals surface area contributed by atoms with E-state index in [-0.39, 0.29) is 0 Å². The summed E-state index contributed by atoms with van der Waals surface area (Å²) in [5.41, 5.74) is 0. The van der Waals surface area contributed by atoms with Crippen LogP contribution in [0.3, 0.4) is 0 Å². The molecule has 1 N–H and O–H groups in total. The summed E-state index contributed by atoms with van der Waals surface area (Å²) in [5, 5.41) is 3.55. The van der Waals surface area contributed by atoms with Gasteiger partial charge in [0.2, 0.25) is 0 Å². The van der Waals surface area contributed by atoms with Crippen molar-refractivity contribution in [3.8, 4) is 0 Å². The Morgan fingerprint density at radius 3 is 2.46 bits per heavy atom. The normalized spacial score (nSPS) is 21.9. The topological polar surface area (TPSA) is 15.3 Å². The zero-order chi connectivity index (χ0) is 9.84. The van der Waals surface area contributed by atoms with E-state index in [1.165, 1.54) is 19.3 Å². The first kappa shape index (κ1) is 11.0. The Labute approximate surface area is 82.7 Å². The third-order valence-electron chi connectivity index (χ3n) is 3.21. The molecule has 0 saturated heterocycles. The first-order valence-corrected chi connectivity index (χ1v) is 5.62. The van der Waals surface area contributed by atoms with Crippen molar-refractivity contribution in [3.63, 3.8) is 0 Å². The number of hydrogen-bond donors (Lipinski definition) is 1. The minimum absolute atomic E-state index is 0.616. The maximum Gasteiger partial charge on any atom is 0.0218 e. The molecular formula is C11H24N2. The Balaban J connectivity index is 2.23. The molecule has 1 aliphatic rings. The largest absolute Gasteiger partial charge is 0.313 e. The minimum atomic E-state index is 0.616. The van der Waals surface area contributed by atoms with E-state index in [1.807, 2.05) is 0 Å². The van der Waals surface area contributed by atoms with Crippen LogP contribution in [-0.2, 0) is 0 Å². The maximum atomic E-state index is 3.55. The SMILES string of the molecule is CCCNC(C)C(C)N(C)C1CC1. The molecule has 1 saturated carbocycles. The zero-order valence-electron chi connectivity index (χ0n) is 9.51. The third kappa shape index (κ3) is 3.28. The molecule has 0 aliphatic heterocycles. The summed E-state index contributed by atoms with van der Waals surface area (Å²) < 4.78 is 0. The summed E-state index contributed by atoms with van der Waals surface area (Å²) in [7, 11) is 2.26.